The highest BCUT2D eigenvalue weighted by Gasteiger charge is 2.35. The molecule has 0 unspecified atom stereocenters. The van der Waals surface area contributed by atoms with Crippen molar-refractivity contribution in [3.05, 3.63) is 199 Å². The Kier molecular flexibility index (Phi) is 7.80. The average molecular weight is 744 g/mol. The molecule has 1 aliphatic carbocycles. The molecule has 0 N–H and O–H groups in total. The largest absolute Gasteiger partial charge is 0.456 e. The molecule has 274 valence electrons. The molecule has 4 nitrogen and oxygen atoms in total. The second-order valence-electron chi connectivity index (χ2n) is 15.6. The van der Waals surface area contributed by atoms with Gasteiger partial charge in [0.2, 0.25) is 0 Å². The number of hydrogen-bond acceptors (Lipinski definition) is 4. The number of rotatable bonds is 6. The first-order valence-electron chi connectivity index (χ1n) is 19.8. The third kappa shape index (κ3) is 5.64. The number of fused-ring (bicyclic) bond motifs is 6. The van der Waals surface area contributed by atoms with Gasteiger partial charge in [-0.1, -0.05) is 159 Å². The van der Waals surface area contributed by atoms with Gasteiger partial charge in [0, 0.05) is 32.9 Å². The highest BCUT2D eigenvalue weighted by molar-refractivity contribution is 6.13. The summed E-state index contributed by atoms with van der Waals surface area (Å²) in [6, 6.07) is 66.2. The molecule has 8 aromatic carbocycles. The van der Waals surface area contributed by atoms with Gasteiger partial charge in [-0.05, 0) is 98.1 Å². The quantitative estimate of drug-likeness (QED) is 0.170. The van der Waals surface area contributed by atoms with E-state index >= 15 is 0 Å². The van der Waals surface area contributed by atoms with Crippen molar-refractivity contribution in [1.82, 2.24) is 15.0 Å². The van der Waals surface area contributed by atoms with Gasteiger partial charge in [0.05, 0.1) is 0 Å². The van der Waals surface area contributed by atoms with Gasteiger partial charge in [-0.25, -0.2) is 15.0 Å². The second kappa shape index (κ2) is 13.4. The molecule has 11 rings (SSSR count). The van der Waals surface area contributed by atoms with Crippen molar-refractivity contribution in [1.29, 1.82) is 0 Å². The lowest BCUT2D eigenvalue weighted by Crippen LogP contribution is -2.15. The summed E-state index contributed by atoms with van der Waals surface area (Å²) in [5, 5.41) is 2.12. The van der Waals surface area contributed by atoms with Crippen LogP contribution in [0.1, 0.15) is 25.0 Å². The summed E-state index contributed by atoms with van der Waals surface area (Å²) in [4.78, 5) is 15.3. The Morgan fingerprint density at radius 1 is 0.345 bits per heavy atom. The molecule has 0 aliphatic heterocycles. The number of nitrogens with zero attached hydrogens (tertiary/aromatic N) is 3. The van der Waals surface area contributed by atoms with Crippen molar-refractivity contribution < 1.29 is 4.42 Å². The number of aromatic nitrogens is 3. The number of furan rings is 1. The average Bonchev–Trinajstić information content (AvgIpc) is 3.78. The van der Waals surface area contributed by atoms with Crippen LogP contribution in [0, 0.1) is 0 Å². The Balaban J connectivity index is 1.05. The fraction of sp³-hybridized carbons (Fsp3) is 0.0556. The first-order chi connectivity index (χ1) is 28.5. The van der Waals surface area contributed by atoms with E-state index in [4.69, 9.17) is 19.4 Å². The molecule has 2 aromatic heterocycles. The van der Waals surface area contributed by atoms with Gasteiger partial charge in [0.15, 0.2) is 17.5 Å². The van der Waals surface area contributed by atoms with E-state index in [1.165, 1.54) is 44.5 Å². The first-order valence-corrected chi connectivity index (χ1v) is 19.8. The lowest BCUT2D eigenvalue weighted by atomic mass is 9.82. The molecule has 0 atom stereocenters. The highest BCUT2D eigenvalue weighted by Crippen LogP contribution is 2.49. The van der Waals surface area contributed by atoms with Crippen LogP contribution in [0.5, 0.6) is 0 Å². The van der Waals surface area contributed by atoms with Gasteiger partial charge in [-0.2, -0.15) is 0 Å². The van der Waals surface area contributed by atoms with Gasteiger partial charge in [0.25, 0.3) is 0 Å². The van der Waals surface area contributed by atoms with Gasteiger partial charge in [-0.15, -0.1) is 0 Å². The van der Waals surface area contributed by atoms with Crippen LogP contribution in [-0.4, -0.2) is 15.0 Å². The summed E-state index contributed by atoms with van der Waals surface area (Å²) >= 11 is 0. The van der Waals surface area contributed by atoms with Crippen LogP contribution >= 0.6 is 0 Å². The molecule has 2 heterocycles. The summed E-state index contributed by atoms with van der Waals surface area (Å²) in [7, 11) is 0. The van der Waals surface area contributed by atoms with E-state index in [-0.39, 0.29) is 5.41 Å². The Bertz CT molecular complexity index is 3130. The predicted molar refractivity (Wildman–Crippen MR) is 237 cm³/mol. The van der Waals surface area contributed by atoms with Crippen molar-refractivity contribution in [2.24, 2.45) is 0 Å². The number of benzene rings is 8. The van der Waals surface area contributed by atoms with Gasteiger partial charge in [0.1, 0.15) is 11.2 Å². The maximum absolute atomic E-state index is 6.67. The molecule has 0 bridgehead atoms. The monoisotopic (exact) mass is 743 g/mol. The maximum Gasteiger partial charge on any atom is 0.164 e. The zero-order chi connectivity index (χ0) is 38.8. The second-order valence-corrected chi connectivity index (χ2v) is 15.6. The molecule has 4 heteroatoms. The fourth-order valence-electron chi connectivity index (χ4n) is 8.78. The molecule has 0 radical (unpaired) electrons. The van der Waals surface area contributed by atoms with Crippen molar-refractivity contribution in [2.75, 3.05) is 0 Å². The van der Waals surface area contributed by atoms with Crippen LogP contribution in [0.4, 0.5) is 0 Å². The minimum Gasteiger partial charge on any atom is -0.456 e. The molecule has 0 amide bonds. The van der Waals surface area contributed by atoms with E-state index in [0.29, 0.717) is 17.5 Å². The van der Waals surface area contributed by atoms with Gasteiger partial charge < -0.3 is 4.42 Å². The van der Waals surface area contributed by atoms with E-state index in [1.54, 1.807) is 0 Å². The molecule has 0 saturated carbocycles. The standard InChI is InChI=1S/C54H37N3O/c1-54(2)46-23-13-12-21-43(46)44-27-25-37(32-47(44)54)52-55-51(36-19-10-5-11-20-36)56-53(57-52)38-26-28-45-49(33-38)58-48-24-14-22-42(50(45)48)41-30-39(34-15-6-3-7-16-34)29-40(31-41)35-17-8-4-9-18-35/h3-33H,1-2H3. The number of hydrogen-bond donors (Lipinski definition) is 0. The van der Waals surface area contributed by atoms with Crippen LogP contribution in [0.25, 0.3) is 101 Å². The van der Waals surface area contributed by atoms with Crippen molar-refractivity contribution in [2.45, 2.75) is 19.3 Å². The summed E-state index contributed by atoms with van der Waals surface area (Å²) < 4.78 is 6.67. The summed E-state index contributed by atoms with van der Waals surface area (Å²) in [5.74, 6) is 1.86. The van der Waals surface area contributed by atoms with E-state index in [1.807, 2.05) is 30.3 Å². The zero-order valence-corrected chi connectivity index (χ0v) is 32.1. The van der Waals surface area contributed by atoms with Gasteiger partial charge in [-0.3, -0.25) is 0 Å². The fourth-order valence-corrected chi connectivity index (χ4v) is 8.78. The van der Waals surface area contributed by atoms with Crippen molar-refractivity contribution in [3.63, 3.8) is 0 Å². The van der Waals surface area contributed by atoms with Crippen LogP contribution in [-0.2, 0) is 5.41 Å². The summed E-state index contributed by atoms with van der Waals surface area (Å²) in [5.41, 5.74) is 16.3. The van der Waals surface area contributed by atoms with Gasteiger partial charge >= 0.3 is 0 Å². The normalized spacial score (nSPS) is 12.8. The Labute approximate surface area is 337 Å². The molecule has 0 saturated heterocycles. The van der Waals surface area contributed by atoms with Crippen molar-refractivity contribution in [3.8, 4) is 78.7 Å². The Morgan fingerprint density at radius 3 is 1.53 bits per heavy atom. The third-order valence-electron chi connectivity index (χ3n) is 11.7. The molecule has 0 fully saturated rings. The molecule has 1 aliphatic rings. The summed E-state index contributed by atoms with van der Waals surface area (Å²) in [6.07, 6.45) is 0. The van der Waals surface area contributed by atoms with E-state index in [0.717, 1.165) is 49.8 Å². The lowest BCUT2D eigenvalue weighted by Gasteiger charge is -2.21. The molecule has 58 heavy (non-hydrogen) atoms. The first kappa shape index (κ1) is 33.9. The van der Waals surface area contributed by atoms with E-state index in [9.17, 15) is 0 Å². The Morgan fingerprint density at radius 2 is 0.862 bits per heavy atom. The smallest absolute Gasteiger partial charge is 0.164 e. The SMILES string of the molecule is CC1(C)c2ccccc2-c2ccc(-c3nc(-c4ccccc4)nc(-c4ccc5c(c4)oc4cccc(-c6cc(-c7ccccc7)cc(-c7ccccc7)c6)c45)n3)cc21. The minimum atomic E-state index is -0.142. The molecule has 10 aromatic rings. The van der Waals surface area contributed by atoms with E-state index < -0.39 is 0 Å². The van der Waals surface area contributed by atoms with Crippen LogP contribution in [0.2, 0.25) is 0 Å². The third-order valence-corrected chi connectivity index (χ3v) is 11.7. The van der Waals surface area contributed by atoms with Crippen LogP contribution in [0.3, 0.4) is 0 Å². The van der Waals surface area contributed by atoms with Crippen molar-refractivity contribution >= 4 is 21.9 Å². The minimum absolute atomic E-state index is 0.142. The zero-order valence-electron chi connectivity index (χ0n) is 32.1. The van der Waals surface area contributed by atoms with Crippen LogP contribution in [0.15, 0.2) is 192 Å². The lowest BCUT2D eigenvalue weighted by molar-refractivity contribution is 0.660. The highest BCUT2D eigenvalue weighted by atomic mass is 16.3. The summed E-state index contributed by atoms with van der Waals surface area (Å²) in [6.45, 7) is 4.59. The predicted octanol–water partition coefficient (Wildman–Crippen LogP) is 14.1. The Hall–Kier alpha value is -7.43. The molecule has 0 spiro atoms. The van der Waals surface area contributed by atoms with Crippen LogP contribution < -0.4 is 0 Å². The molecular weight excluding hydrogens is 707 g/mol. The molecular formula is C54H37N3O. The maximum atomic E-state index is 6.67. The van der Waals surface area contributed by atoms with E-state index in [2.05, 4.69) is 172 Å². The topological polar surface area (TPSA) is 51.8 Å².